The van der Waals surface area contributed by atoms with E-state index in [9.17, 15) is 9.90 Å². The first kappa shape index (κ1) is 21.0. The van der Waals surface area contributed by atoms with Crippen molar-refractivity contribution in [2.24, 2.45) is 0 Å². The third kappa shape index (κ3) is 4.43. The van der Waals surface area contributed by atoms with Crippen molar-refractivity contribution < 1.29 is 14.6 Å². The maximum atomic E-state index is 11.2. The molecule has 4 rings (SSSR count). The van der Waals surface area contributed by atoms with Gasteiger partial charge in [0.15, 0.2) is 0 Å². The average molecular weight is 416 g/mol. The van der Waals surface area contributed by atoms with Crippen molar-refractivity contribution in [3.05, 3.63) is 95.1 Å². The van der Waals surface area contributed by atoms with Crippen LogP contribution in [0.2, 0.25) is 0 Å². The predicted molar refractivity (Wildman–Crippen MR) is 124 cm³/mol. The smallest absolute Gasteiger partial charge is 0.305 e. The Morgan fingerprint density at radius 2 is 1.71 bits per heavy atom. The molecule has 1 fully saturated rings. The first-order chi connectivity index (χ1) is 15.1. The van der Waals surface area contributed by atoms with E-state index in [-0.39, 0.29) is 18.4 Å². The number of carboxylic acids is 1. The van der Waals surface area contributed by atoms with Crippen LogP contribution in [0.25, 0.3) is 0 Å². The van der Waals surface area contributed by atoms with Crippen LogP contribution in [0, 0.1) is 6.92 Å². The van der Waals surface area contributed by atoms with Gasteiger partial charge in [-0.1, -0.05) is 54.6 Å². The van der Waals surface area contributed by atoms with Crippen LogP contribution in [0.1, 0.15) is 47.4 Å². The summed E-state index contributed by atoms with van der Waals surface area (Å²) in [6.07, 6.45) is 2.16. The summed E-state index contributed by atoms with van der Waals surface area (Å²) in [6.45, 7) is 3.05. The Kier molecular flexibility index (Phi) is 6.26. The summed E-state index contributed by atoms with van der Waals surface area (Å²) in [5.74, 6) is 0.199. The molecule has 0 aromatic heterocycles. The number of benzene rings is 3. The van der Waals surface area contributed by atoms with Crippen LogP contribution in [0.4, 0.5) is 5.69 Å². The number of rotatable bonds is 7. The van der Waals surface area contributed by atoms with Crippen molar-refractivity contribution in [2.45, 2.75) is 38.1 Å². The molecular weight excluding hydrogens is 386 g/mol. The molecule has 2 atom stereocenters. The van der Waals surface area contributed by atoms with E-state index in [0.29, 0.717) is 0 Å². The van der Waals surface area contributed by atoms with Gasteiger partial charge in [-0.25, -0.2) is 0 Å². The van der Waals surface area contributed by atoms with Crippen LogP contribution in [0.15, 0.2) is 72.8 Å². The van der Waals surface area contributed by atoms with Crippen LogP contribution in [0.5, 0.6) is 5.75 Å². The van der Waals surface area contributed by atoms with Crippen LogP contribution < -0.4 is 9.64 Å². The van der Waals surface area contributed by atoms with Gasteiger partial charge in [-0.15, -0.1) is 0 Å². The van der Waals surface area contributed by atoms with Crippen molar-refractivity contribution in [3.63, 3.8) is 0 Å². The molecule has 3 aromatic carbocycles. The van der Waals surface area contributed by atoms with Crippen molar-refractivity contribution in [1.29, 1.82) is 0 Å². The molecule has 2 unspecified atom stereocenters. The van der Waals surface area contributed by atoms with Crippen LogP contribution in [-0.2, 0) is 4.79 Å². The minimum absolute atomic E-state index is 0.0554. The van der Waals surface area contributed by atoms with Gasteiger partial charge >= 0.3 is 5.97 Å². The van der Waals surface area contributed by atoms with Gasteiger partial charge in [0, 0.05) is 29.8 Å². The number of carbonyl (C=O) groups is 1. The fourth-order valence-electron chi connectivity index (χ4n) is 4.79. The van der Waals surface area contributed by atoms with Gasteiger partial charge in [0.25, 0.3) is 0 Å². The molecule has 1 aliphatic rings. The van der Waals surface area contributed by atoms with Gasteiger partial charge in [0.1, 0.15) is 5.75 Å². The summed E-state index contributed by atoms with van der Waals surface area (Å²) < 4.78 is 5.70. The molecule has 4 nitrogen and oxygen atoms in total. The quantitative estimate of drug-likeness (QED) is 0.508. The third-order valence-electron chi connectivity index (χ3n) is 6.29. The number of aliphatic carboxylic acids is 1. The molecule has 0 spiro atoms. The van der Waals surface area contributed by atoms with E-state index < -0.39 is 5.97 Å². The number of para-hydroxylation sites is 1. The van der Waals surface area contributed by atoms with Crippen molar-refractivity contribution in [3.8, 4) is 5.75 Å². The predicted octanol–water partition coefficient (Wildman–Crippen LogP) is 5.63. The average Bonchev–Trinajstić information content (AvgIpc) is 3.23. The molecule has 0 bridgehead atoms. The summed E-state index contributed by atoms with van der Waals surface area (Å²) in [4.78, 5) is 13.5. The molecule has 0 amide bonds. The van der Waals surface area contributed by atoms with E-state index in [4.69, 9.17) is 4.74 Å². The highest BCUT2D eigenvalue weighted by Crippen LogP contribution is 2.39. The Bertz CT molecular complexity index is 1040. The Balaban J connectivity index is 1.73. The second kappa shape index (κ2) is 9.25. The van der Waals surface area contributed by atoms with Gasteiger partial charge in [-0.05, 0) is 54.7 Å². The number of aryl methyl sites for hydroxylation is 1. The molecule has 0 saturated carbocycles. The van der Waals surface area contributed by atoms with Crippen LogP contribution >= 0.6 is 0 Å². The number of carboxylic acid groups (broad SMARTS) is 1. The molecule has 0 aliphatic carbocycles. The van der Waals surface area contributed by atoms with E-state index in [1.165, 1.54) is 16.7 Å². The van der Waals surface area contributed by atoms with Gasteiger partial charge in [0.2, 0.25) is 0 Å². The Labute approximate surface area is 184 Å². The van der Waals surface area contributed by atoms with Gasteiger partial charge in [-0.3, -0.25) is 4.79 Å². The molecule has 160 valence electrons. The van der Waals surface area contributed by atoms with Crippen LogP contribution in [-0.4, -0.2) is 30.8 Å². The van der Waals surface area contributed by atoms with Crippen molar-refractivity contribution in [1.82, 2.24) is 0 Å². The van der Waals surface area contributed by atoms with Gasteiger partial charge < -0.3 is 14.7 Å². The van der Waals surface area contributed by atoms with E-state index in [2.05, 4.69) is 72.5 Å². The second-order valence-electron chi connectivity index (χ2n) is 8.21. The fraction of sp³-hybridized carbons (Fsp3) is 0.296. The van der Waals surface area contributed by atoms with Crippen LogP contribution in [0.3, 0.4) is 0 Å². The number of nitrogens with zero attached hydrogens (tertiary/aromatic N) is 1. The highest BCUT2D eigenvalue weighted by molar-refractivity contribution is 5.69. The molecule has 1 saturated heterocycles. The van der Waals surface area contributed by atoms with E-state index >= 15 is 0 Å². The zero-order valence-electron chi connectivity index (χ0n) is 18.1. The number of hydrogen-bond acceptors (Lipinski definition) is 3. The molecule has 0 radical (unpaired) electrons. The lowest BCUT2D eigenvalue weighted by atomic mass is 9.82. The molecule has 1 N–H and O–H groups in total. The van der Waals surface area contributed by atoms with Crippen molar-refractivity contribution in [2.75, 3.05) is 18.6 Å². The summed E-state index contributed by atoms with van der Waals surface area (Å²) in [5.41, 5.74) is 5.91. The van der Waals surface area contributed by atoms with Gasteiger partial charge in [0.05, 0.1) is 13.5 Å². The molecule has 3 aromatic rings. The zero-order valence-corrected chi connectivity index (χ0v) is 18.1. The summed E-state index contributed by atoms with van der Waals surface area (Å²) >= 11 is 0. The Hall–Kier alpha value is -3.27. The summed E-state index contributed by atoms with van der Waals surface area (Å²) in [6, 6.07) is 25.4. The largest absolute Gasteiger partial charge is 0.496 e. The van der Waals surface area contributed by atoms with Gasteiger partial charge in [-0.2, -0.15) is 0 Å². The molecule has 1 aliphatic heterocycles. The molecule has 1 heterocycles. The number of hydrogen-bond donors (Lipinski definition) is 1. The minimum Gasteiger partial charge on any atom is -0.496 e. The lowest BCUT2D eigenvalue weighted by Crippen LogP contribution is -2.31. The Morgan fingerprint density at radius 1 is 1.03 bits per heavy atom. The fourth-order valence-corrected chi connectivity index (χ4v) is 4.79. The third-order valence-corrected chi connectivity index (χ3v) is 6.29. The highest BCUT2D eigenvalue weighted by atomic mass is 16.5. The monoisotopic (exact) mass is 415 g/mol. The standard InChI is InChI=1S/C27H29NO3/c1-19-8-3-4-10-23(19)27(24-11-5-6-12-25(24)31-2)20-13-15-21(16-14-20)28-17-7-9-22(28)18-26(29)30/h3-6,8,10-16,22,27H,7,9,17-18H2,1-2H3,(H,29,30). The first-order valence-corrected chi connectivity index (χ1v) is 10.9. The Morgan fingerprint density at radius 3 is 2.39 bits per heavy atom. The van der Waals surface area contributed by atoms with Crippen molar-refractivity contribution >= 4 is 11.7 Å². The topological polar surface area (TPSA) is 49.8 Å². The van der Waals surface area contributed by atoms with E-state index in [1.54, 1.807) is 7.11 Å². The zero-order chi connectivity index (χ0) is 21.8. The minimum atomic E-state index is -0.732. The molecule has 31 heavy (non-hydrogen) atoms. The lowest BCUT2D eigenvalue weighted by Gasteiger charge is -2.27. The lowest BCUT2D eigenvalue weighted by molar-refractivity contribution is -0.137. The summed E-state index contributed by atoms with van der Waals surface area (Å²) in [5, 5.41) is 9.24. The van der Waals surface area contributed by atoms with E-state index in [1.807, 2.05) is 12.1 Å². The number of methoxy groups -OCH3 is 1. The number of ether oxygens (including phenoxy) is 1. The maximum Gasteiger partial charge on any atom is 0.305 e. The normalized spacial score (nSPS) is 16.8. The second-order valence-corrected chi connectivity index (χ2v) is 8.21. The maximum absolute atomic E-state index is 11.2. The first-order valence-electron chi connectivity index (χ1n) is 10.9. The molecular formula is C27H29NO3. The molecule has 4 heteroatoms. The summed E-state index contributed by atoms with van der Waals surface area (Å²) in [7, 11) is 1.72. The highest BCUT2D eigenvalue weighted by Gasteiger charge is 2.27. The SMILES string of the molecule is COc1ccccc1C(c1ccc(N2CCCC2CC(=O)O)cc1)c1ccccc1C. The number of anilines is 1. The van der Waals surface area contributed by atoms with E-state index in [0.717, 1.165) is 36.4 Å².